The minimum atomic E-state index is -0.947. The van der Waals surface area contributed by atoms with Crippen molar-refractivity contribution in [2.24, 2.45) is 5.73 Å². The van der Waals surface area contributed by atoms with Gasteiger partial charge in [0.15, 0.2) is 23.2 Å². The van der Waals surface area contributed by atoms with Crippen LogP contribution >= 0.6 is 0 Å². The molecule has 1 saturated heterocycles. The van der Waals surface area contributed by atoms with E-state index in [4.69, 9.17) is 10.5 Å². The van der Waals surface area contributed by atoms with Gasteiger partial charge in [0.1, 0.15) is 18.5 Å². The highest BCUT2D eigenvalue weighted by atomic mass is 16.5. The molecular formula is C12H18N6O3. The zero-order valence-corrected chi connectivity index (χ0v) is 11.8. The fourth-order valence-corrected chi connectivity index (χ4v) is 2.51. The van der Waals surface area contributed by atoms with E-state index in [0.29, 0.717) is 17.0 Å². The molecule has 0 unspecified atom stereocenters. The summed E-state index contributed by atoms with van der Waals surface area (Å²) in [5.74, 6) is 0.675. The van der Waals surface area contributed by atoms with Crippen LogP contribution in [-0.4, -0.2) is 68.7 Å². The number of hydrogen-bond acceptors (Lipinski definition) is 8. The molecule has 2 aromatic heterocycles. The maximum Gasteiger partial charge on any atom is 0.167 e. The Kier molecular flexibility index (Phi) is 3.49. The van der Waals surface area contributed by atoms with Crippen molar-refractivity contribution in [3.63, 3.8) is 0 Å². The lowest BCUT2D eigenvalue weighted by atomic mass is 10.1. The molecule has 1 aliphatic rings. The summed E-state index contributed by atoms with van der Waals surface area (Å²) in [6, 6.07) is -0.660. The highest BCUT2D eigenvalue weighted by Crippen LogP contribution is 2.31. The van der Waals surface area contributed by atoms with Gasteiger partial charge in [-0.2, -0.15) is 0 Å². The molecule has 2 aromatic rings. The predicted octanol–water partition coefficient (Wildman–Crippen LogP) is -1.53. The van der Waals surface area contributed by atoms with Crippen LogP contribution in [0, 0.1) is 0 Å². The smallest absolute Gasteiger partial charge is 0.167 e. The molecule has 0 radical (unpaired) electrons. The Balaban J connectivity index is 2.04. The predicted molar refractivity (Wildman–Crippen MR) is 74.6 cm³/mol. The number of anilines is 1. The van der Waals surface area contributed by atoms with Crippen LogP contribution in [0.15, 0.2) is 12.7 Å². The van der Waals surface area contributed by atoms with Gasteiger partial charge >= 0.3 is 0 Å². The van der Waals surface area contributed by atoms with Crippen LogP contribution in [0.2, 0.25) is 0 Å². The lowest BCUT2D eigenvalue weighted by Gasteiger charge is -2.17. The van der Waals surface area contributed by atoms with E-state index in [1.165, 1.54) is 12.7 Å². The van der Waals surface area contributed by atoms with E-state index in [2.05, 4.69) is 15.0 Å². The number of hydrogen-bond donors (Lipinski definition) is 3. The average molecular weight is 294 g/mol. The number of aliphatic hydroxyl groups excluding tert-OH is 2. The third-order valence-corrected chi connectivity index (χ3v) is 3.65. The molecule has 4 atom stereocenters. The molecule has 3 heterocycles. The normalized spacial score (nSPS) is 29.2. The van der Waals surface area contributed by atoms with Crippen molar-refractivity contribution in [3.8, 4) is 0 Å². The summed E-state index contributed by atoms with van der Waals surface area (Å²) < 4.78 is 7.23. The zero-order valence-electron chi connectivity index (χ0n) is 11.8. The number of nitrogens with two attached hydrogens (primary N) is 1. The summed E-state index contributed by atoms with van der Waals surface area (Å²) in [5.41, 5.74) is 7.00. The molecule has 0 amide bonds. The third-order valence-electron chi connectivity index (χ3n) is 3.65. The van der Waals surface area contributed by atoms with E-state index in [1.807, 2.05) is 19.0 Å². The van der Waals surface area contributed by atoms with Gasteiger partial charge in [-0.05, 0) is 0 Å². The SMILES string of the molecule is CN(C)c1ncnc2c1ncn2[C@@H]1O[C@H](CO)[C@@H](N)[C@@H]1O. The van der Waals surface area contributed by atoms with Gasteiger partial charge in [-0.15, -0.1) is 0 Å². The molecule has 9 nitrogen and oxygen atoms in total. The molecule has 1 fully saturated rings. The van der Waals surface area contributed by atoms with Gasteiger partial charge in [0.25, 0.3) is 0 Å². The van der Waals surface area contributed by atoms with Crippen LogP contribution in [0.4, 0.5) is 5.82 Å². The number of aliphatic hydroxyl groups is 2. The molecule has 0 aromatic carbocycles. The Labute approximate surface area is 121 Å². The van der Waals surface area contributed by atoms with Crippen molar-refractivity contribution < 1.29 is 14.9 Å². The minimum absolute atomic E-state index is 0.251. The van der Waals surface area contributed by atoms with Gasteiger partial charge in [-0.3, -0.25) is 4.57 Å². The molecule has 0 bridgehead atoms. The fraction of sp³-hybridized carbons (Fsp3) is 0.583. The van der Waals surface area contributed by atoms with Crippen molar-refractivity contribution in [3.05, 3.63) is 12.7 Å². The monoisotopic (exact) mass is 294 g/mol. The molecule has 9 heteroatoms. The van der Waals surface area contributed by atoms with Gasteiger partial charge in [0.05, 0.1) is 19.0 Å². The lowest BCUT2D eigenvalue weighted by Crippen LogP contribution is -2.41. The number of aromatic nitrogens is 4. The Morgan fingerprint density at radius 1 is 1.38 bits per heavy atom. The molecule has 0 spiro atoms. The Morgan fingerprint density at radius 3 is 2.76 bits per heavy atom. The second-order valence-corrected chi connectivity index (χ2v) is 5.23. The topological polar surface area (TPSA) is 123 Å². The highest BCUT2D eigenvalue weighted by Gasteiger charge is 2.42. The molecule has 0 saturated carbocycles. The van der Waals surface area contributed by atoms with E-state index in [1.54, 1.807) is 4.57 Å². The van der Waals surface area contributed by atoms with E-state index in [9.17, 15) is 10.2 Å². The Morgan fingerprint density at radius 2 is 2.14 bits per heavy atom. The highest BCUT2D eigenvalue weighted by molar-refractivity contribution is 5.83. The fourth-order valence-electron chi connectivity index (χ4n) is 2.51. The van der Waals surface area contributed by atoms with Gasteiger partial charge in [-0.25, -0.2) is 15.0 Å². The maximum absolute atomic E-state index is 10.2. The summed E-state index contributed by atoms with van der Waals surface area (Å²) in [6.45, 7) is -0.251. The first-order valence-corrected chi connectivity index (χ1v) is 6.59. The number of ether oxygens (including phenoxy) is 1. The summed E-state index contributed by atoms with van der Waals surface area (Å²) in [7, 11) is 3.72. The van der Waals surface area contributed by atoms with Gasteiger partial charge in [0.2, 0.25) is 0 Å². The van der Waals surface area contributed by atoms with Crippen molar-refractivity contribution in [1.29, 1.82) is 0 Å². The van der Waals surface area contributed by atoms with Crippen LogP contribution in [0.25, 0.3) is 11.2 Å². The van der Waals surface area contributed by atoms with E-state index < -0.39 is 24.5 Å². The standard InChI is InChI=1S/C12H18N6O3/c1-17(2)10-8-11(15-4-14-10)18(5-16-8)12-9(20)7(13)6(3-19)21-12/h4-7,9,12,19-20H,3,13H2,1-2H3/t6-,7-,9+,12-/m1/s1. The number of imidazole rings is 1. The van der Waals surface area contributed by atoms with E-state index >= 15 is 0 Å². The zero-order chi connectivity index (χ0) is 15.1. The summed E-state index contributed by atoms with van der Waals surface area (Å²) in [6.07, 6.45) is 0.676. The average Bonchev–Trinajstić information content (AvgIpc) is 3.01. The Hall–Kier alpha value is -1.81. The molecule has 114 valence electrons. The third kappa shape index (κ3) is 2.14. The largest absolute Gasteiger partial charge is 0.394 e. The molecule has 1 aliphatic heterocycles. The first-order chi connectivity index (χ1) is 10.0. The summed E-state index contributed by atoms with van der Waals surface area (Å²) in [5, 5.41) is 19.4. The summed E-state index contributed by atoms with van der Waals surface area (Å²) in [4.78, 5) is 14.5. The molecule has 4 N–H and O–H groups in total. The second kappa shape index (κ2) is 5.19. The van der Waals surface area contributed by atoms with Crippen molar-refractivity contribution >= 4 is 17.0 Å². The Bertz CT molecular complexity index is 645. The van der Waals surface area contributed by atoms with Gasteiger partial charge < -0.3 is 25.6 Å². The second-order valence-electron chi connectivity index (χ2n) is 5.23. The molecule has 3 rings (SSSR count). The number of nitrogens with zero attached hydrogens (tertiary/aromatic N) is 5. The van der Waals surface area contributed by atoms with Crippen LogP contribution in [0.1, 0.15) is 6.23 Å². The number of fused-ring (bicyclic) bond motifs is 1. The quantitative estimate of drug-likeness (QED) is 0.623. The van der Waals surface area contributed by atoms with Gasteiger partial charge in [0, 0.05) is 14.1 Å². The molecule has 0 aliphatic carbocycles. The maximum atomic E-state index is 10.2. The van der Waals surface area contributed by atoms with Crippen LogP contribution in [-0.2, 0) is 4.74 Å². The van der Waals surface area contributed by atoms with Crippen LogP contribution in [0.3, 0.4) is 0 Å². The van der Waals surface area contributed by atoms with E-state index in [-0.39, 0.29) is 6.61 Å². The van der Waals surface area contributed by atoms with Crippen LogP contribution < -0.4 is 10.6 Å². The van der Waals surface area contributed by atoms with Crippen molar-refractivity contribution in [2.45, 2.75) is 24.5 Å². The minimum Gasteiger partial charge on any atom is -0.394 e. The van der Waals surface area contributed by atoms with Crippen molar-refractivity contribution in [1.82, 2.24) is 19.5 Å². The van der Waals surface area contributed by atoms with E-state index in [0.717, 1.165) is 0 Å². The number of rotatable bonds is 3. The molecule has 21 heavy (non-hydrogen) atoms. The first-order valence-electron chi connectivity index (χ1n) is 6.59. The first kappa shape index (κ1) is 14.1. The van der Waals surface area contributed by atoms with Crippen molar-refractivity contribution in [2.75, 3.05) is 25.6 Å². The van der Waals surface area contributed by atoms with Crippen LogP contribution in [0.5, 0.6) is 0 Å². The van der Waals surface area contributed by atoms with Gasteiger partial charge in [-0.1, -0.05) is 0 Å². The summed E-state index contributed by atoms with van der Waals surface area (Å²) >= 11 is 0. The lowest BCUT2D eigenvalue weighted by molar-refractivity contribution is -0.0488. The molecular weight excluding hydrogens is 276 g/mol.